The molecule has 2 N–H and O–H groups in total. The zero-order valence-electron chi connectivity index (χ0n) is 9.34. The van der Waals surface area contributed by atoms with Crippen LogP contribution in [0.1, 0.15) is 20.3 Å². The number of hydrogen-bond acceptors (Lipinski definition) is 3. The summed E-state index contributed by atoms with van der Waals surface area (Å²) in [7, 11) is 1.93. The lowest BCUT2D eigenvalue weighted by atomic mass is 10.2. The number of amides is 1. The predicted molar refractivity (Wildman–Crippen MR) is 57.2 cm³/mol. The molecule has 1 heterocycles. The van der Waals surface area contributed by atoms with Crippen LogP contribution in [0, 0.1) is 0 Å². The molecule has 1 amide bonds. The van der Waals surface area contributed by atoms with Gasteiger partial charge >= 0.3 is 0 Å². The van der Waals surface area contributed by atoms with Crippen LogP contribution in [0.4, 0.5) is 0 Å². The van der Waals surface area contributed by atoms with E-state index < -0.39 is 0 Å². The maximum atomic E-state index is 11.8. The molecule has 0 aromatic carbocycles. The average Bonchev–Trinajstić information content (AvgIpc) is 2.33. The molecule has 82 valence electrons. The molecule has 2 atom stereocenters. The van der Waals surface area contributed by atoms with Gasteiger partial charge in [-0.2, -0.15) is 0 Å². The predicted octanol–water partition coefficient (Wildman–Crippen LogP) is -0.195. The zero-order valence-corrected chi connectivity index (χ0v) is 9.34. The van der Waals surface area contributed by atoms with Gasteiger partial charge in [0.15, 0.2) is 0 Å². The minimum absolute atomic E-state index is 0.0263. The number of likely N-dealkylation sites (N-methyl/N-ethyl adjacent to an activating group) is 1. The molecule has 0 bridgehead atoms. The normalized spacial score (nSPS) is 26.1. The van der Waals surface area contributed by atoms with Gasteiger partial charge in [0, 0.05) is 19.1 Å². The third-order valence-electron chi connectivity index (χ3n) is 2.72. The molecule has 14 heavy (non-hydrogen) atoms. The van der Waals surface area contributed by atoms with E-state index in [9.17, 15) is 4.79 Å². The second-order valence-corrected chi connectivity index (χ2v) is 4.00. The van der Waals surface area contributed by atoms with Crippen molar-refractivity contribution >= 4 is 5.91 Å². The first-order chi connectivity index (χ1) is 6.65. The Morgan fingerprint density at radius 2 is 2.43 bits per heavy atom. The van der Waals surface area contributed by atoms with Crippen LogP contribution in [0.15, 0.2) is 0 Å². The summed E-state index contributed by atoms with van der Waals surface area (Å²) in [6.07, 6.45) is 1.05. The van der Waals surface area contributed by atoms with Gasteiger partial charge in [0.05, 0.1) is 6.04 Å². The van der Waals surface area contributed by atoms with Crippen LogP contribution in [0.3, 0.4) is 0 Å². The van der Waals surface area contributed by atoms with Crippen molar-refractivity contribution in [1.29, 1.82) is 0 Å². The number of carbonyl (C=O) groups excluding carboxylic acids is 1. The zero-order chi connectivity index (χ0) is 10.6. The van der Waals surface area contributed by atoms with E-state index in [1.807, 2.05) is 18.9 Å². The second-order valence-electron chi connectivity index (χ2n) is 4.00. The first-order valence-electron chi connectivity index (χ1n) is 5.34. The molecule has 4 heteroatoms. The Kier molecular flexibility index (Phi) is 4.35. The Morgan fingerprint density at radius 1 is 1.71 bits per heavy atom. The van der Waals surface area contributed by atoms with E-state index in [-0.39, 0.29) is 11.9 Å². The van der Waals surface area contributed by atoms with Gasteiger partial charge in [0.1, 0.15) is 0 Å². The fourth-order valence-electron chi connectivity index (χ4n) is 1.66. The van der Waals surface area contributed by atoms with Crippen LogP contribution in [0.2, 0.25) is 0 Å². The Bertz CT molecular complexity index is 196. The largest absolute Gasteiger partial charge is 0.340 e. The van der Waals surface area contributed by atoms with E-state index in [1.165, 1.54) is 0 Å². The van der Waals surface area contributed by atoms with Crippen LogP contribution in [-0.4, -0.2) is 49.6 Å². The van der Waals surface area contributed by atoms with Gasteiger partial charge in [-0.25, -0.2) is 0 Å². The highest BCUT2D eigenvalue weighted by Crippen LogP contribution is 2.03. The first-order valence-corrected chi connectivity index (χ1v) is 5.34. The third kappa shape index (κ3) is 2.96. The fourth-order valence-corrected chi connectivity index (χ4v) is 1.66. The van der Waals surface area contributed by atoms with Crippen LogP contribution in [-0.2, 0) is 4.79 Å². The van der Waals surface area contributed by atoms with Gasteiger partial charge < -0.3 is 15.5 Å². The summed E-state index contributed by atoms with van der Waals surface area (Å²) in [6, 6.07) is 0.339. The molecule has 4 nitrogen and oxygen atoms in total. The molecule has 1 aliphatic rings. The van der Waals surface area contributed by atoms with E-state index >= 15 is 0 Å². The van der Waals surface area contributed by atoms with Crippen LogP contribution < -0.4 is 10.6 Å². The number of nitrogens with one attached hydrogen (secondary N) is 2. The first kappa shape index (κ1) is 11.5. The van der Waals surface area contributed by atoms with Crippen LogP contribution in [0.25, 0.3) is 0 Å². The summed E-state index contributed by atoms with van der Waals surface area (Å²) in [5, 5.41) is 6.36. The van der Waals surface area contributed by atoms with Crippen molar-refractivity contribution in [2.24, 2.45) is 0 Å². The number of carbonyl (C=O) groups is 1. The standard InChI is InChI=1S/C10H21N3O/c1-8(11-3)7-13-6-4-5-12-9(2)10(13)14/h8-9,11-12H,4-7H2,1-3H3. The number of hydrogen-bond donors (Lipinski definition) is 2. The molecule has 1 saturated heterocycles. The summed E-state index contributed by atoms with van der Waals surface area (Å²) in [4.78, 5) is 13.8. The SMILES string of the molecule is CNC(C)CN1CCCNC(C)C1=O. The van der Waals surface area contributed by atoms with Gasteiger partial charge in [-0.1, -0.05) is 0 Å². The van der Waals surface area contributed by atoms with Crippen molar-refractivity contribution < 1.29 is 4.79 Å². The quantitative estimate of drug-likeness (QED) is 0.662. The lowest BCUT2D eigenvalue weighted by molar-refractivity contribution is -0.132. The summed E-state index contributed by atoms with van der Waals surface area (Å²) >= 11 is 0. The Labute approximate surface area is 86.0 Å². The van der Waals surface area contributed by atoms with E-state index in [2.05, 4.69) is 17.6 Å². The van der Waals surface area contributed by atoms with Crippen LogP contribution >= 0.6 is 0 Å². The highest BCUT2D eigenvalue weighted by atomic mass is 16.2. The van der Waals surface area contributed by atoms with E-state index in [0.717, 1.165) is 26.1 Å². The summed E-state index contributed by atoms with van der Waals surface area (Å²) in [5.74, 6) is 0.226. The highest BCUT2D eigenvalue weighted by molar-refractivity contribution is 5.81. The van der Waals surface area contributed by atoms with Gasteiger partial charge in [0.25, 0.3) is 0 Å². The molecule has 1 fully saturated rings. The molecular weight excluding hydrogens is 178 g/mol. The Balaban J connectivity index is 2.52. The maximum absolute atomic E-state index is 11.8. The molecule has 0 spiro atoms. The highest BCUT2D eigenvalue weighted by Gasteiger charge is 2.23. The van der Waals surface area contributed by atoms with Crippen molar-refractivity contribution in [2.45, 2.75) is 32.4 Å². The molecule has 1 rings (SSSR count). The Hall–Kier alpha value is -0.610. The van der Waals surface area contributed by atoms with E-state index in [0.29, 0.717) is 6.04 Å². The van der Waals surface area contributed by atoms with Crippen molar-refractivity contribution in [2.75, 3.05) is 26.7 Å². The van der Waals surface area contributed by atoms with E-state index in [1.54, 1.807) is 0 Å². The number of rotatable bonds is 3. The third-order valence-corrected chi connectivity index (χ3v) is 2.72. The molecule has 2 unspecified atom stereocenters. The summed E-state index contributed by atoms with van der Waals surface area (Å²) in [5.41, 5.74) is 0. The molecule has 0 saturated carbocycles. The van der Waals surface area contributed by atoms with Crippen molar-refractivity contribution in [1.82, 2.24) is 15.5 Å². The van der Waals surface area contributed by atoms with Crippen molar-refractivity contribution in [3.8, 4) is 0 Å². The molecular formula is C10H21N3O. The molecule has 0 radical (unpaired) electrons. The minimum Gasteiger partial charge on any atom is -0.340 e. The second kappa shape index (κ2) is 5.32. The van der Waals surface area contributed by atoms with Gasteiger partial charge in [0.2, 0.25) is 5.91 Å². The van der Waals surface area contributed by atoms with Gasteiger partial charge in [-0.15, -0.1) is 0 Å². The fraction of sp³-hybridized carbons (Fsp3) is 0.900. The minimum atomic E-state index is -0.0263. The van der Waals surface area contributed by atoms with Crippen molar-refractivity contribution in [3.63, 3.8) is 0 Å². The Morgan fingerprint density at radius 3 is 3.07 bits per heavy atom. The monoisotopic (exact) mass is 199 g/mol. The molecule has 0 aliphatic carbocycles. The van der Waals surface area contributed by atoms with Crippen molar-refractivity contribution in [3.05, 3.63) is 0 Å². The lowest BCUT2D eigenvalue weighted by Gasteiger charge is -2.25. The summed E-state index contributed by atoms with van der Waals surface area (Å²) < 4.78 is 0. The molecule has 0 aromatic heterocycles. The molecule has 1 aliphatic heterocycles. The smallest absolute Gasteiger partial charge is 0.239 e. The summed E-state index contributed by atoms with van der Waals surface area (Å²) in [6.45, 7) is 6.65. The lowest BCUT2D eigenvalue weighted by Crippen LogP contribution is -2.46. The van der Waals surface area contributed by atoms with Gasteiger partial charge in [-0.05, 0) is 33.9 Å². The van der Waals surface area contributed by atoms with E-state index in [4.69, 9.17) is 0 Å². The topological polar surface area (TPSA) is 44.4 Å². The molecule has 0 aromatic rings. The van der Waals surface area contributed by atoms with Gasteiger partial charge in [-0.3, -0.25) is 4.79 Å². The van der Waals surface area contributed by atoms with Crippen LogP contribution in [0.5, 0.6) is 0 Å². The number of nitrogens with zero attached hydrogens (tertiary/aromatic N) is 1. The maximum Gasteiger partial charge on any atom is 0.239 e. The average molecular weight is 199 g/mol.